The van der Waals surface area contributed by atoms with Crippen LogP contribution in [0, 0.1) is 0 Å². The Morgan fingerprint density at radius 3 is 2.43 bits per heavy atom. The number of benzene rings is 2. The second-order valence-electron chi connectivity index (χ2n) is 7.51. The Morgan fingerprint density at radius 1 is 1.07 bits per heavy atom. The number of rotatable bonds is 4. The van der Waals surface area contributed by atoms with Crippen molar-refractivity contribution < 1.29 is 29.2 Å². The average molecular weight is 388 g/mol. The number of hydrogen-bond acceptors (Lipinski definition) is 5. The Kier molecular flexibility index (Phi) is 5.24. The van der Waals surface area contributed by atoms with Crippen molar-refractivity contribution in [2.45, 2.75) is 56.6 Å². The molecule has 2 aliphatic heterocycles. The van der Waals surface area contributed by atoms with Crippen LogP contribution >= 0.6 is 0 Å². The van der Waals surface area contributed by atoms with Gasteiger partial charge in [0, 0.05) is 5.56 Å². The summed E-state index contributed by atoms with van der Waals surface area (Å²) < 4.78 is 25.6. The zero-order valence-corrected chi connectivity index (χ0v) is 15.7. The van der Waals surface area contributed by atoms with Crippen LogP contribution in [0.5, 0.6) is 0 Å². The van der Waals surface area contributed by atoms with Gasteiger partial charge in [-0.15, -0.1) is 0 Å². The standard InChI is InChI=1S/C22H25FO5/c1-2-13-3-5-14(6-4-13)9-15-7-8-16-12-27-22(17(16)10-15)21(26)20(25)19(23)18(11-24)28-22/h3-8,10,18-21,24-26H,2,9,11-12H2,1H3/t18-,19-,20+,21-,22+/m1/s1. The quantitative estimate of drug-likeness (QED) is 0.747. The van der Waals surface area contributed by atoms with Gasteiger partial charge < -0.3 is 24.8 Å². The maximum atomic E-state index is 14.2. The van der Waals surface area contributed by atoms with E-state index in [9.17, 15) is 19.7 Å². The van der Waals surface area contributed by atoms with Gasteiger partial charge in [-0.3, -0.25) is 0 Å². The van der Waals surface area contributed by atoms with E-state index in [0.29, 0.717) is 12.0 Å². The summed E-state index contributed by atoms with van der Waals surface area (Å²) in [6.07, 6.45) is -4.79. The predicted octanol–water partition coefficient (Wildman–Crippen LogP) is 1.97. The molecule has 28 heavy (non-hydrogen) atoms. The van der Waals surface area contributed by atoms with Gasteiger partial charge in [-0.25, -0.2) is 4.39 Å². The van der Waals surface area contributed by atoms with Crippen molar-refractivity contribution in [2.75, 3.05) is 6.61 Å². The van der Waals surface area contributed by atoms with Gasteiger partial charge in [0.2, 0.25) is 5.79 Å². The Hall–Kier alpha value is -1.83. The first-order valence-corrected chi connectivity index (χ1v) is 9.61. The highest BCUT2D eigenvalue weighted by molar-refractivity contribution is 5.41. The maximum absolute atomic E-state index is 14.2. The third kappa shape index (κ3) is 3.15. The molecule has 0 aromatic heterocycles. The van der Waals surface area contributed by atoms with Crippen molar-refractivity contribution in [3.63, 3.8) is 0 Å². The molecule has 0 amide bonds. The molecule has 2 heterocycles. The molecule has 3 N–H and O–H groups in total. The van der Waals surface area contributed by atoms with E-state index in [1.807, 2.05) is 18.2 Å². The molecular formula is C22H25FO5. The van der Waals surface area contributed by atoms with Crippen LogP contribution in [-0.2, 0) is 34.7 Å². The van der Waals surface area contributed by atoms with E-state index in [1.54, 1.807) is 0 Å². The molecule has 1 fully saturated rings. The number of halogens is 1. The SMILES string of the molecule is CCc1ccc(Cc2ccc3c(c2)[C@]2(OC3)O[C@H](CO)[C@@H](F)[C@H](O)[C@H]2O)cc1. The van der Waals surface area contributed by atoms with Crippen LogP contribution in [0.2, 0.25) is 0 Å². The summed E-state index contributed by atoms with van der Waals surface area (Å²) in [6, 6.07) is 14.1. The van der Waals surface area contributed by atoms with Crippen LogP contribution in [0.1, 0.15) is 34.7 Å². The smallest absolute Gasteiger partial charge is 0.225 e. The van der Waals surface area contributed by atoms with Crippen LogP contribution in [0.25, 0.3) is 0 Å². The molecule has 0 aliphatic carbocycles. The first-order valence-electron chi connectivity index (χ1n) is 9.61. The molecular weight excluding hydrogens is 363 g/mol. The van der Waals surface area contributed by atoms with Crippen molar-refractivity contribution in [3.05, 3.63) is 70.3 Å². The predicted molar refractivity (Wildman–Crippen MR) is 100 cm³/mol. The molecule has 6 heteroatoms. The lowest BCUT2D eigenvalue weighted by atomic mass is 9.87. The maximum Gasteiger partial charge on any atom is 0.225 e. The van der Waals surface area contributed by atoms with Gasteiger partial charge >= 0.3 is 0 Å². The lowest BCUT2D eigenvalue weighted by Gasteiger charge is -2.45. The molecule has 0 unspecified atom stereocenters. The van der Waals surface area contributed by atoms with Gasteiger partial charge in [0.15, 0.2) is 6.17 Å². The largest absolute Gasteiger partial charge is 0.394 e. The van der Waals surface area contributed by atoms with E-state index in [1.165, 1.54) is 5.56 Å². The van der Waals surface area contributed by atoms with E-state index < -0.39 is 36.9 Å². The average Bonchev–Trinajstić information content (AvgIpc) is 3.08. The first kappa shape index (κ1) is 19.5. The van der Waals surface area contributed by atoms with Gasteiger partial charge in [0.25, 0.3) is 0 Å². The van der Waals surface area contributed by atoms with Gasteiger partial charge in [0.05, 0.1) is 13.2 Å². The topological polar surface area (TPSA) is 79.2 Å². The van der Waals surface area contributed by atoms with Crippen molar-refractivity contribution in [1.82, 2.24) is 0 Å². The fourth-order valence-electron chi connectivity index (χ4n) is 4.03. The van der Waals surface area contributed by atoms with Crippen LogP contribution in [0.4, 0.5) is 4.39 Å². The summed E-state index contributed by atoms with van der Waals surface area (Å²) in [6.45, 7) is 1.68. The molecule has 0 bridgehead atoms. The highest BCUT2D eigenvalue weighted by Gasteiger charge is 2.58. The molecule has 5 nitrogen and oxygen atoms in total. The number of aryl methyl sites for hydroxylation is 1. The van der Waals surface area contributed by atoms with Crippen molar-refractivity contribution in [3.8, 4) is 0 Å². The minimum absolute atomic E-state index is 0.180. The zero-order valence-electron chi connectivity index (χ0n) is 15.7. The summed E-state index contributed by atoms with van der Waals surface area (Å²) in [7, 11) is 0. The Bertz CT molecular complexity index is 837. The molecule has 5 atom stereocenters. The van der Waals surface area contributed by atoms with Gasteiger partial charge in [-0.1, -0.05) is 43.3 Å². The van der Waals surface area contributed by atoms with Crippen LogP contribution in [0.3, 0.4) is 0 Å². The second-order valence-corrected chi connectivity index (χ2v) is 7.51. The van der Waals surface area contributed by atoms with Gasteiger partial charge in [0.1, 0.15) is 18.3 Å². The van der Waals surface area contributed by atoms with Gasteiger partial charge in [-0.05, 0) is 41.2 Å². The Labute approximate surface area is 163 Å². The lowest BCUT2D eigenvalue weighted by molar-refractivity contribution is -0.361. The molecule has 1 spiro atoms. The Morgan fingerprint density at radius 2 is 1.75 bits per heavy atom. The first-order chi connectivity index (χ1) is 13.5. The number of aliphatic hydroxyl groups excluding tert-OH is 3. The fourth-order valence-corrected chi connectivity index (χ4v) is 4.03. The molecule has 2 aliphatic rings. The van der Waals surface area contributed by atoms with Crippen LogP contribution in [0.15, 0.2) is 42.5 Å². The van der Waals surface area contributed by atoms with E-state index in [4.69, 9.17) is 9.47 Å². The molecule has 1 saturated heterocycles. The highest BCUT2D eigenvalue weighted by Crippen LogP contribution is 2.46. The summed E-state index contributed by atoms with van der Waals surface area (Å²) >= 11 is 0. The summed E-state index contributed by atoms with van der Waals surface area (Å²) in [5.41, 5.74) is 4.79. The Balaban J connectivity index is 1.66. The molecule has 0 radical (unpaired) electrons. The molecule has 0 saturated carbocycles. The third-order valence-electron chi connectivity index (χ3n) is 5.73. The summed E-state index contributed by atoms with van der Waals surface area (Å²) in [5.74, 6) is -1.67. The third-order valence-corrected chi connectivity index (χ3v) is 5.73. The fraction of sp³-hybridized carbons (Fsp3) is 0.455. The summed E-state index contributed by atoms with van der Waals surface area (Å²) in [5, 5.41) is 30.2. The summed E-state index contributed by atoms with van der Waals surface area (Å²) in [4.78, 5) is 0. The highest BCUT2D eigenvalue weighted by atomic mass is 19.1. The van der Waals surface area contributed by atoms with Crippen LogP contribution in [-0.4, -0.2) is 46.4 Å². The number of hydrogen-bond donors (Lipinski definition) is 3. The second kappa shape index (κ2) is 7.54. The van der Waals surface area contributed by atoms with E-state index in [0.717, 1.165) is 23.1 Å². The van der Waals surface area contributed by atoms with E-state index in [2.05, 4.69) is 31.2 Å². The molecule has 4 rings (SSSR count). The van der Waals surface area contributed by atoms with Crippen LogP contribution < -0.4 is 0 Å². The molecule has 2 aromatic carbocycles. The number of aliphatic hydroxyl groups is 3. The molecule has 150 valence electrons. The van der Waals surface area contributed by atoms with Crippen molar-refractivity contribution >= 4 is 0 Å². The minimum atomic E-state index is -1.89. The van der Waals surface area contributed by atoms with Crippen molar-refractivity contribution in [2.24, 2.45) is 0 Å². The van der Waals surface area contributed by atoms with Crippen molar-refractivity contribution in [1.29, 1.82) is 0 Å². The molecule has 2 aromatic rings. The zero-order chi connectivity index (χ0) is 19.9. The lowest BCUT2D eigenvalue weighted by Crippen LogP contribution is -2.62. The minimum Gasteiger partial charge on any atom is -0.394 e. The van der Waals surface area contributed by atoms with Gasteiger partial charge in [-0.2, -0.15) is 0 Å². The van der Waals surface area contributed by atoms with E-state index in [-0.39, 0.29) is 6.61 Å². The van der Waals surface area contributed by atoms with E-state index >= 15 is 0 Å². The normalized spacial score (nSPS) is 31.9. The number of ether oxygens (including phenoxy) is 2. The number of fused-ring (bicyclic) bond motifs is 2. The number of alkyl halides is 1. The monoisotopic (exact) mass is 388 g/mol.